The molecular formula is C36H56N8O4Si2. The molecule has 4 aromatic heterocycles. The minimum Gasteiger partial charge on any atom is -0.384 e. The van der Waals surface area contributed by atoms with E-state index in [0.717, 1.165) is 79.5 Å². The van der Waals surface area contributed by atoms with Crippen LogP contribution in [0, 0.1) is 0 Å². The van der Waals surface area contributed by atoms with Gasteiger partial charge in [-0.1, -0.05) is 39.3 Å². The second kappa shape index (κ2) is 16.7. The number of anilines is 2. The van der Waals surface area contributed by atoms with Crippen molar-refractivity contribution in [2.75, 3.05) is 37.3 Å². The van der Waals surface area contributed by atoms with Crippen LogP contribution in [0.25, 0.3) is 11.3 Å². The van der Waals surface area contributed by atoms with Crippen LogP contribution in [-0.2, 0) is 19.1 Å². The maximum absolute atomic E-state index is 11.8. The van der Waals surface area contributed by atoms with Crippen molar-refractivity contribution in [2.45, 2.75) is 115 Å². The van der Waals surface area contributed by atoms with Crippen molar-refractivity contribution in [2.24, 2.45) is 0 Å². The van der Waals surface area contributed by atoms with Crippen LogP contribution in [0.4, 0.5) is 11.6 Å². The van der Waals surface area contributed by atoms with Gasteiger partial charge in [0, 0.05) is 103 Å². The van der Waals surface area contributed by atoms with Crippen LogP contribution >= 0.6 is 0 Å². The van der Waals surface area contributed by atoms with Gasteiger partial charge in [-0.05, 0) is 37.8 Å². The van der Waals surface area contributed by atoms with Gasteiger partial charge in [0.15, 0.2) is 11.3 Å². The van der Waals surface area contributed by atoms with E-state index in [1.807, 2.05) is 22.7 Å². The molecule has 0 aromatic carbocycles. The van der Waals surface area contributed by atoms with Crippen molar-refractivity contribution < 1.29 is 19.1 Å². The third kappa shape index (κ3) is 10.8. The molecule has 50 heavy (non-hydrogen) atoms. The van der Waals surface area contributed by atoms with E-state index in [-0.39, 0.29) is 0 Å². The summed E-state index contributed by atoms with van der Waals surface area (Å²) in [4.78, 5) is 34.5. The number of aromatic nitrogens is 6. The minimum atomic E-state index is -1.16. The van der Waals surface area contributed by atoms with Crippen LogP contribution in [0.2, 0.25) is 51.4 Å². The summed E-state index contributed by atoms with van der Waals surface area (Å²) in [6.07, 6.45) is 9.61. The van der Waals surface area contributed by atoms with Crippen LogP contribution in [0.1, 0.15) is 74.6 Å². The van der Waals surface area contributed by atoms with Gasteiger partial charge in [0.25, 0.3) is 0 Å². The third-order valence-electron chi connectivity index (χ3n) is 9.50. The Labute approximate surface area is 298 Å². The molecule has 4 aromatic rings. The SMILES string of the molecule is C[Si](C)(C)CCOCN(COCC[Si](C)(C)C)c1cc(C2CCC(=O)CC2)nc2ccnn12.Nc1cc(C2CCC(=O)CC2)nc2ccnn12. The number of nitrogens with two attached hydrogens (primary N) is 1. The van der Waals surface area contributed by atoms with Crippen LogP contribution in [-0.4, -0.2) is 83.6 Å². The van der Waals surface area contributed by atoms with Gasteiger partial charge in [0.1, 0.15) is 36.7 Å². The molecule has 6 rings (SSSR count). The van der Waals surface area contributed by atoms with Crippen LogP contribution in [0.5, 0.6) is 0 Å². The van der Waals surface area contributed by atoms with Gasteiger partial charge >= 0.3 is 0 Å². The van der Waals surface area contributed by atoms with E-state index in [2.05, 4.69) is 65.4 Å². The molecule has 2 saturated carbocycles. The summed E-state index contributed by atoms with van der Waals surface area (Å²) in [5.74, 6) is 2.94. The van der Waals surface area contributed by atoms with Crippen LogP contribution in [0.15, 0.2) is 36.7 Å². The zero-order valence-electron chi connectivity index (χ0n) is 30.9. The predicted molar refractivity (Wildman–Crippen MR) is 203 cm³/mol. The van der Waals surface area contributed by atoms with Crippen molar-refractivity contribution in [1.82, 2.24) is 29.2 Å². The lowest BCUT2D eigenvalue weighted by Crippen LogP contribution is -2.33. The lowest BCUT2D eigenvalue weighted by Gasteiger charge is -2.28. The van der Waals surface area contributed by atoms with E-state index in [9.17, 15) is 9.59 Å². The molecule has 14 heteroatoms. The Hall–Kier alpha value is -3.47. The van der Waals surface area contributed by atoms with E-state index in [1.165, 1.54) is 0 Å². The molecule has 0 bridgehead atoms. The van der Waals surface area contributed by atoms with E-state index in [4.69, 9.17) is 20.2 Å². The summed E-state index contributed by atoms with van der Waals surface area (Å²) < 4.78 is 15.8. The molecule has 0 aliphatic heterocycles. The number of carbonyl (C=O) groups excluding carboxylic acids is 2. The van der Waals surface area contributed by atoms with Gasteiger partial charge < -0.3 is 20.1 Å². The molecule has 0 radical (unpaired) electrons. The lowest BCUT2D eigenvalue weighted by molar-refractivity contribution is -0.121. The van der Waals surface area contributed by atoms with Gasteiger partial charge in [0.2, 0.25) is 0 Å². The zero-order chi connectivity index (χ0) is 35.9. The third-order valence-corrected chi connectivity index (χ3v) is 12.9. The average molecular weight is 721 g/mol. The maximum Gasteiger partial charge on any atom is 0.157 e. The highest BCUT2D eigenvalue weighted by Gasteiger charge is 2.25. The molecule has 0 atom stereocenters. The van der Waals surface area contributed by atoms with Crippen molar-refractivity contribution in [1.29, 1.82) is 0 Å². The molecule has 0 amide bonds. The smallest absolute Gasteiger partial charge is 0.157 e. The highest BCUT2D eigenvalue weighted by Crippen LogP contribution is 2.33. The number of rotatable bonds is 13. The monoisotopic (exact) mass is 720 g/mol. The number of Topliss-reactive ketones (excluding diaryl/α,β-unsaturated/α-hetero) is 2. The maximum atomic E-state index is 11.8. The molecule has 4 heterocycles. The highest BCUT2D eigenvalue weighted by atomic mass is 28.3. The summed E-state index contributed by atoms with van der Waals surface area (Å²) in [7, 11) is -2.31. The fourth-order valence-electron chi connectivity index (χ4n) is 6.26. The number of ether oxygens (including phenoxy) is 2. The van der Waals surface area contributed by atoms with Gasteiger partial charge in [-0.3, -0.25) is 9.59 Å². The standard InChI is InChI=1S/C24H42N4O3Si2.C12H14N4O/c1-32(2,3)15-13-30-18-27(19-31-14-16-33(4,5)6)24-17-22(20-7-9-21(29)10-8-20)26-23-11-12-25-28(23)24;13-11-7-10(8-1-3-9(17)4-2-8)15-12-5-6-14-16(11)12/h11-12,17,20H,7-10,13-16,18-19H2,1-6H3;5-8H,1-4,13H2. The number of carbonyl (C=O) groups is 2. The van der Waals surface area contributed by atoms with Crippen molar-refractivity contribution in [3.63, 3.8) is 0 Å². The van der Waals surface area contributed by atoms with Gasteiger partial charge in [-0.15, -0.1) is 0 Å². The molecule has 0 saturated heterocycles. The summed E-state index contributed by atoms with van der Waals surface area (Å²) in [6.45, 7) is 16.6. The molecule has 0 unspecified atom stereocenters. The molecule has 0 spiro atoms. The quantitative estimate of drug-likeness (QED) is 0.0878. The Kier molecular flexibility index (Phi) is 12.6. The van der Waals surface area contributed by atoms with Crippen molar-refractivity contribution in [3.05, 3.63) is 48.0 Å². The summed E-state index contributed by atoms with van der Waals surface area (Å²) in [5.41, 5.74) is 9.56. The number of hydrogen-bond donors (Lipinski definition) is 1. The van der Waals surface area contributed by atoms with Crippen LogP contribution in [0.3, 0.4) is 0 Å². The van der Waals surface area contributed by atoms with Gasteiger partial charge in [-0.2, -0.15) is 19.2 Å². The van der Waals surface area contributed by atoms with E-state index >= 15 is 0 Å². The Morgan fingerprint density at radius 1 is 0.720 bits per heavy atom. The molecular weight excluding hydrogens is 665 g/mol. The summed E-state index contributed by atoms with van der Waals surface area (Å²) >= 11 is 0. The number of ketones is 2. The number of nitrogen functional groups attached to an aromatic ring is 1. The van der Waals surface area contributed by atoms with E-state index < -0.39 is 16.1 Å². The summed E-state index contributed by atoms with van der Waals surface area (Å²) in [5, 5.41) is 8.63. The Balaban J connectivity index is 0.000000237. The molecule has 2 aliphatic carbocycles. The predicted octanol–water partition coefficient (Wildman–Crippen LogP) is 6.93. The van der Waals surface area contributed by atoms with Gasteiger partial charge in [-0.25, -0.2) is 9.97 Å². The first-order valence-corrected chi connectivity index (χ1v) is 25.6. The molecule has 12 nitrogen and oxygen atoms in total. The largest absolute Gasteiger partial charge is 0.384 e. The van der Waals surface area contributed by atoms with E-state index in [1.54, 1.807) is 16.9 Å². The van der Waals surface area contributed by atoms with Gasteiger partial charge in [0.05, 0.1) is 12.4 Å². The van der Waals surface area contributed by atoms with Crippen molar-refractivity contribution in [3.8, 4) is 0 Å². The first-order valence-electron chi connectivity index (χ1n) is 18.1. The fourth-order valence-corrected chi connectivity index (χ4v) is 7.78. The molecule has 2 aliphatic rings. The topological polar surface area (TPSA) is 142 Å². The molecule has 272 valence electrons. The van der Waals surface area contributed by atoms with Crippen LogP contribution < -0.4 is 10.6 Å². The average Bonchev–Trinajstić information content (AvgIpc) is 3.74. The van der Waals surface area contributed by atoms with Crippen molar-refractivity contribution >= 4 is 50.6 Å². The second-order valence-corrected chi connectivity index (χ2v) is 27.5. The first kappa shape index (κ1) is 37.8. The summed E-state index contributed by atoms with van der Waals surface area (Å²) in [6, 6.07) is 10.0. The Morgan fingerprint density at radius 3 is 1.64 bits per heavy atom. The zero-order valence-corrected chi connectivity index (χ0v) is 32.9. The fraction of sp³-hybridized carbons (Fsp3) is 0.611. The number of fused-ring (bicyclic) bond motifs is 2. The first-order chi connectivity index (χ1) is 23.8. The lowest BCUT2D eigenvalue weighted by atomic mass is 9.86. The minimum absolute atomic E-state index is 0.309. The van der Waals surface area contributed by atoms with E-state index in [0.29, 0.717) is 68.4 Å². The normalized spacial score (nSPS) is 16.6. The number of nitrogens with zero attached hydrogens (tertiary/aromatic N) is 7. The Morgan fingerprint density at radius 2 is 1.16 bits per heavy atom. The highest BCUT2D eigenvalue weighted by molar-refractivity contribution is 6.76. The second-order valence-electron chi connectivity index (χ2n) is 16.2. The molecule has 2 fully saturated rings. The molecule has 2 N–H and O–H groups in total. The Bertz CT molecular complexity index is 1700. The number of hydrogen-bond acceptors (Lipinski definition) is 10.